The normalized spacial score (nSPS) is 34.5. The van der Waals surface area contributed by atoms with E-state index in [1.807, 2.05) is 17.0 Å². The average molecular weight is 343 g/mol. The third-order valence-electron chi connectivity index (χ3n) is 6.14. The molecule has 25 heavy (non-hydrogen) atoms. The van der Waals surface area contributed by atoms with Crippen molar-refractivity contribution in [2.75, 3.05) is 27.9 Å². The van der Waals surface area contributed by atoms with Crippen molar-refractivity contribution in [3.8, 4) is 11.5 Å². The highest BCUT2D eigenvalue weighted by Gasteiger charge is 2.66. The summed E-state index contributed by atoms with van der Waals surface area (Å²) in [6, 6.07) is 4.07. The standard InChI is InChI=1S/C19H21NO5/c1-22-13-6-10-4-5-20-16(21)8-12-17-18(25-17)15(24-3)9-19(12,20)11(10)7-14(13)23-2/h6-8,15,17-18H,4-5,9H2,1-3H3/t15-,17-,18+,19-/m1/s1. The highest BCUT2D eigenvalue weighted by atomic mass is 16.6. The number of fused-ring (bicyclic) bond motifs is 3. The minimum atomic E-state index is -0.484. The molecule has 5 rings (SSSR count). The number of carbonyl (C=O) groups is 1. The number of carbonyl (C=O) groups excluding carboxylic acids is 1. The van der Waals surface area contributed by atoms with Crippen LogP contribution in [0.15, 0.2) is 23.8 Å². The summed E-state index contributed by atoms with van der Waals surface area (Å²) in [7, 11) is 5.00. The van der Waals surface area contributed by atoms with Crippen molar-refractivity contribution in [2.24, 2.45) is 0 Å². The van der Waals surface area contributed by atoms with Crippen LogP contribution in [0.1, 0.15) is 17.5 Å². The molecule has 0 bridgehead atoms. The second kappa shape index (κ2) is 4.99. The molecular formula is C19H21NO5. The first-order valence-electron chi connectivity index (χ1n) is 8.61. The first-order chi connectivity index (χ1) is 12.1. The van der Waals surface area contributed by atoms with Crippen molar-refractivity contribution >= 4 is 5.91 Å². The molecule has 4 aliphatic rings. The van der Waals surface area contributed by atoms with Crippen molar-refractivity contribution in [2.45, 2.75) is 36.7 Å². The molecule has 1 saturated carbocycles. The number of amides is 1. The molecule has 3 heterocycles. The maximum atomic E-state index is 12.7. The number of benzene rings is 1. The van der Waals surface area contributed by atoms with Crippen LogP contribution in [0, 0.1) is 0 Å². The summed E-state index contributed by atoms with van der Waals surface area (Å²) < 4.78 is 22.6. The lowest BCUT2D eigenvalue weighted by Gasteiger charge is -2.48. The van der Waals surface area contributed by atoms with Gasteiger partial charge in [0.05, 0.1) is 25.9 Å². The highest BCUT2D eigenvalue weighted by molar-refractivity contribution is 5.94. The van der Waals surface area contributed by atoms with Gasteiger partial charge in [0.2, 0.25) is 5.91 Å². The quantitative estimate of drug-likeness (QED) is 0.777. The van der Waals surface area contributed by atoms with Gasteiger partial charge in [-0.3, -0.25) is 4.79 Å². The lowest BCUT2D eigenvalue weighted by Crippen LogP contribution is -2.55. The smallest absolute Gasteiger partial charge is 0.247 e. The molecule has 1 spiro atoms. The van der Waals surface area contributed by atoms with Gasteiger partial charge in [0.15, 0.2) is 11.5 Å². The number of hydrogen-bond acceptors (Lipinski definition) is 5. The fourth-order valence-electron chi connectivity index (χ4n) is 4.96. The predicted octanol–water partition coefficient (Wildman–Crippen LogP) is 1.41. The maximum Gasteiger partial charge on any atom is 0.247 e. The number of ether oxygens (including phenoxy) is 4. The van der Waals surface area contributed by atoms with Gasteiger partial charge in [-0.05, 0) is 35.3 Å². The molecule has 1 amide bonds. The second-order valence-corrected chi connectivity index (χ2v) is 7.06. The molecular weight excluding hydrogens is 322 g/mol. The van der Waals surface area contributed by atoms with E-state index in [0.29, 0.717) is 18.7 Å². The third kappa shape index (κ3) is 1.79. The Morgan fingerprint density at radius 2 is 1.96 bits per heavy atom. The molecule has 1 aromatic rings. The summed E-state index contributed by atoms with van der Waals surface area (Å²) in [6.07, 6.45) is 3.32. The van der Waals surface area contributed by atoms with Crippen molar-refractivity contribution in [3.63, 3.8) is 0 Å². The highest BCUT2D eigenvalue weighted by Crippen LogP contribution is 2.59. The number of rotatable bonds is 3. The van der Waals surface area contributed by atoms with E-state index in [4.69, 9.17) is 18.9 Å². The summed E-state index contributed by atoms with van der Waals surface area (Å²) in [5.74, 6) is 1.48. The van der Waals surface area contributed by atoms with Gasteiger partial charge in [-0.2, -0.15) is 0 Å². The lowest BCUT2D eigenvalue weighted by molar-refractivity contribution is -0.131. The van der Waals surface area contributed by atoms with Gasteiger partial charge >= 0.3 is 0 Å². The van der Waals surface area contributed by atoms with Crippen LogP contribution >= 0.6 is 0 Å². The molecule has 0 N–H and O–H groups in total. The lowest BCUT2D eigenvalue weighted by atomic mass is 9.69. The van der Waals surface area contributed by atoms with Crippen molar-refractivity contribution < 1.29 is 23.7 Å². The van der Waals surface area contributed by atoms with E-state index < -0.39 is 5.54 Å². The predicted molar refractivity (Wildman–Crippen MR) is 88.8 cm³/mol. The van der Waals surface area contributed by atoms with Crippen LogP contribution in [0.25, 0.3) is 0 Å². The Labute approximate surface area is 146 Å². The van der Waals surface area contributed by atoms with Crippen LogP contribution in [0.4, 0.5) is 0 Å². The molecule has 0 unspecified atom stereocenters. The molecule has 6 nitrogen and oxygen atoms in total. The van der Waals surface area contributed by atoms with E-state index in [2.05, 4.69) is 0 Å². The van der Waals surface area contributed by atoms with Gasteiger partial charge in [-0.1, -0.05) is 0 Å². The largest absolute Gasteiger partial charge is 0.493 e. The Bertz CT molecular complexity index is 803. The van der Waals surface area contributed by atoms with Gasteiger partial charge < -0.3 is 23.8 Å². The zero-order valence-electron chi connectivity index (χ0n) is 14.6. The summed E-state index contributed by atoms with van der Waals surface area (Å²) in [5.41, 5.74) is 2.90. The van der Waals surface area contributed by atoms with Crippen molar-refractivity contribution in [3.05, 3.63) is 34.9 Å². The Morgan fingerprint density at radius 3 is 2.68 bits per heavy atom. The average Bonchev–Trinajstić information content (AvgIpc) is 3.37. The molecule has 1 saturated heterocycles. The van der Waals surface area contributed by atoms with E-state index in [0.717, 1.165) is 23.3 Å². The fourth-order valence-corrected chi connectivity index (χ4v) is 4.96. The summed E-state index contributed by atoms with van der Waals surface area (Å²) in [4.78, 5) is 14.7. The van der Waals surface area contributed by atoms with Crippen molar-refractivity contribution in [1.29, 1.82) is 0 Å². The van der Waals surface area contributed by atoms with Crippen LogP contribution < -0.4 is 9.47 Å². The van der Waals surface area contributed by atoms with Crippen LogP contribution in [-0.2, 0) is 26.2 Å². The molecule has 4 atom stereocenters. The van der Waals surface area contributed by atoms with E-state index in [1.54, 1.807) is 27.4 Å². The van der Waals surface area contributed by atoms with Gasteiger partial charge in [-0.25, -0.2) is 0 Å². The van der Waals surface area contributed by atoms with Crippen LogP contribution in [-0.4, -0.2) is 57.0 Å². The zero-order valence-corrected chi connectivity index (χ0v) is 14.6. The van der Waals surface area contributed by atoms with Gasteiger partial charge in [-0.15, -0.1) is 0 Å². The van der Waals surface area contributed by atoms with Crippen LogP contribution in [0.3, 0.4) is 0 Å². The number of methoxy groups -OCH3 is 3. The minimum Gasteiger partial charge on any atom is -0.493 e. The monoisotopic (exact) mass is 343 g/mol. The number of nitrogens with zero attached hydrogens (tertiary/aromatic N) is 1. The number of epoxide rings is 1. The molecule has 1 aromatic carbocycles. The van der Waals surface area contributed by atoms with Gasteiger partial charge in [0.1, 0.15) is 12.2 Å². The summed E-state index contributed by atoms with van der Waals surface area (Å²) >= 11 is 0. The van der Waals surface area contributed by atoms with E-state index in [1.165, 1.54) is 5.56 Å². The molecule has 0 aromatic heterocycles. The first-order valence-corrected chi connectivity index (χ1v) is 8.61. The SMILES string of the molecule is COc1cc2c(cc1OC)[C@]13C[C@@H](OC)[C@@H]4O[C@@H]4C1=CC(=O)N3CC2. The second-order valence-electron chi connectivity index (χ2n) is 7.06. The van der Waals surface area contributed by atoms with E-state index in [9.17, 15) is 4.79 Å². The minimum absolute atomic E-state index is 0.0189. The Morgan fingerprint density at radius 1 is 1.20 bits per heavy atom. The van der Waals surface area contributed by atoms with Gasteiger partial charge in [0, 0.05) is 26.2 Å². The molecule has 2 fully saturated rings. The molecule has 132 valence electrons. The van der Waals surface area contributed by atoms with E-state index in [-0.39, 0.29) is 24.2 Å². The van der Waals surface area contributed by atoms with E-state index >= 15 is 0 Å². The van der Waals surface area contributed by atoms with Crippen molar-refractivity contribution in [1.82, 2.24) is 4.90 Å². The molecule has 0 radical (unpaired) electrons. The van der Waals surface area contributed by atoms with Gasteiger partial charge in [0.25, 0.3) is 0 Å². The molecule has 1 aliphatic carbocycles. The van der Waals surface area contributed by atoms with Crippen LogP contribution in [0.2, 0.25) is 0 Å². The Balaban J connectivity index is 1.73. The summed E-state index contributed by atoms with van der Waals surface area (Å²) in [6.45, 7) is 0.690. The number of hydrogen-bond donors (Lipinski definition) is 0. The summed E-state index contributed by atoms with van der Waals surface area (Å²) in [5, 5.41) is 0. The zero-order chi connectivity index (χ0) is 17.3. The topological polar surface area (TPSA) is 60.5 Å². The molecule has 6 heteroatoms. The first kappa shape index (κ1) is 15.2. The fraction of sp³-hybridized carbons (Fsp3) is 0.526. The Hall–Kier alpha value is -2.05. The third-order valence-corrected chi connectivity index (χ3v) is 6.14. The Kier molecular flexibility index (Phi) is 3.04. The van der Waals surface area contributed by atoms with Crippen LogP contribution in [0.5, 0.6) is 11.5 Å². The molecule has 3 aliphatic heterocycles. The maximum absolute atomic E-state index is 12.7.